The molecule has 1 aliphatic carbocycles. The van der Waals surface area contributed by atoms with Crippen LogP contribution in [0.2, 0.25) is 0 Å². The first-order chi connectivity index (χ1) is 7.96. The van der Waals surface area contributed by atoms with E-state index >= 15 is 0 Å². The van der Waals surface area contributed by atoms with Crippen molar-refractivity contribution >= 4 is 0 Å². The Morgan fingerprint density at radius 2 is 2.06 bits per heavy atom. The number of aliphatic hydroxyl groups excluding tert-OH is 1. The predicted molar refractivity (Wildman–Crippen MR) is 74.1 cm³/mol. The molecule has 0 aromatic rings. The lowest BCUT2D eigenvalue weighted by atomic mass is 9.70. The van der Waals surface area contributed by atoms with E-state index in [1.165, 1.54) is 25.7 Å². The van der Waals surface area contributed by atoms with Crippen molar-refractivity contribution < 1.29 is 5.11 Å². The average Bonchev–Trinajstić information content (AvgIpc) is 2.21. The number of hydrogen-bond acceptors (Lipinski definition) is 2. The summed E-state index contributed by atoms with van der Waals surface area (Å²) in [4.78, 5) is 0. The largest absolute Gasteiger partial charge is 0.396 e. The minimum absolute atomic E-state index is 0.326. The summed E-state index contributed by atoms with van der Waals surface area (Å²) in [5.41, 5.74) is 0.494. The molecule has 0 aliphatic heterocycles. The summed E-state index contributed by atoms with van der Waals surface area (Å²) in [5, 5.41) is 12.7. The predicted octanol–water partition coefficient (Wildman–Crippen LogP) is 3.20. The Balaban J connectivity index is 2.35. The van der Waals surface area contributed by atoms with Gasteiger partial charge in [0.05, 0.1) is 0 Å². The number of hydrogen-bond donors (Lipinski definition) is 2. The van der Waals surface area contributed by atoms with Crippen LogP contribution in [0.3, 0.4) is 0 Å². The van der Waals surface area contributed by atoms with Crippen LogP contribution in [0, 0.1) is 17.3 Å². The first-order valence-electron chi connectivity index (χ1n) is 7.31. The van der Waals surface area contributed by atoms with Crippen molar-refractivity contribution in [2.24, 2.45) is 17.3 Å². The van der Waals surface area contributed by atoms with Gasteiger partial charge in [-0.25, -0.2) is 0 Å². The van der Waals surface area contributed by atoms with Gasteiger partial charge in [-0.05, 0) is 49.5 Å². The molecule has 0 aromatic heterocycles. The smallest absolute Gasteiger partial charge is 0.0434 e. The van der Waals surface area contributed by atoms with Gasteiger partial charge in [-0.2, -0.15) is 0 Å². The highest BCUT2D eigenvalue weighted by molar-refractivity contribution is 4.86. The Bertz CT molecular complexity index is 215. The van der Waals surface area contributed by atoms with Gasteiger partial charge in [-0.1, -0.05) is 34.1 Å². The van der Waals surface area contributed by atoms with Gasteiger partial charge in [0.15, 0.2) is 0 Å². The van der Waals surface area contributed by atoms with Crippen LogP contribution >= 0.6 is 0 Å². The molecule has 1 rings (SSSR count). The normalized spacial score (nSPS) is 30.2. The molecular formula is C15H31NO. The zero-order valence-corrected chi connectivity index (χ0v) is 12.1. The monoisotopic (exact) mass is 241 g/mol. The summed E-state index contributed by atoms with van der Waals surface area (Å²) < 4.78 is 0. The van der Waals surface area contributed by atoms with Crippen molar-refractivity contribution in [1.82, 2.24) is 5.32 Å². The van der Waals surface area contributed by atoms with Gasteiger partial charge in [0.25, 0.3) is 0 Å². The third-order valence-electron chi connectivity index (χ3n) is 4.20. The summed E-state index contributed by atoms with van der Waals surface area (Å²) in [5.74, 6) is 1.48. The Labute approximate surface area is 107 Å². The number of aliphatic hydroxyl groups is 1. The molecule has 1 aliphatic rings. The summed E-state index contributed by atoms with van der Waals surface area (Å²) >= 11 is 0. The summed E-state index contributed by atoms with van der Waals surface area (Å²) in [7, 11) is 0. The van der Waals surface area contributed by atoms with Crippen molar-refractivity contribution in [3.63, 3.8) is 0 Å². The van der Waals surface area contributed by atoms with Crippen LogP contribution in [0.4, 0.5) is 0 Å². The molecule has 0 radical (unpaired) electrons. The molecule has 2 nitrogen and oxygen atoms in total. The molecule has 1 saturated carbocycles. The van der Waals surface area contributed by atoms with Crippen molar-refractivity contribution in [3.8, 4) is 0 Å². The third kappa shape index (κ3) is 5.39. The fourth-order valence-electron chi connectivity index (χ4n) is 3.47. The quantitative estimate of drug-likeness (QED) is 0.748. The van der Waals surface area contributed by atoms with Crippen LogP contribution in [-0.2, 0) is 0 Å². The third-order valence-corrected chi connectivity index (χ3v) is 4.20. The van der Waals surface area contributed by atoms with Crippen LogP contribution in [-0.4, -0.2) is 24.3 Å². The molecule has 0 amide bonds. The van der Waals surface area contributed by atoms with Crippen LogP contribution in [0.5, 0.6) is 0 Å². The van der Waals surface area contributed by atoms with E-state index < -0.39 is 0 Å². The van der Waals surface area contributed by atoms with Crippen molar-refractivity contribution in [1.29, 1.82) is 0 Å². The topological polar surface area (TPSA) is 32.3 Å². The molecule has 0 bridgehead atoms. The first kappa shape index (κ1) is 15.0. The van der Waals surface area contributed by atoms with E-state index in [1.54, 1.807) is 0 Å². The molecule has 3 atom stereocenters. The highest BCUT2D eigenvalue weighted by Crippen LogP contribution is 2.38. The average molecular weight is 241 g/mol. The van der Waals surface area contributed by atoms with Gasteiger partial charge in [0, 0.05) is 12.6 Å². The van der Waals surface area contributed by atoms with Gasteiger partial charge in [-0.15, -0.1) is 0 Å². The van der Waals surface area contributed by atoms with Crippen molar-refractivity contribution in [2.75, 3.05) is 13.2 Å². The molecule has 2 N–H and O–H groups in total. The Morgan fingerprint density at radius 1 is 1.35 bits per heavy atom. The molecule has 0 aromatic carbocycles. The highest BCUT2D eigenvalue weighted by atomic mass is 16.3. The summed E-state index contributed by atoms with van der Waals surface area (Å²) in [6.07, 6.45) is 6.08. The van der Waals surface area contributed by atoms with Gasteiger partial charge < -0.3 is 10.4 Å². The van der Waals surface area contributed by atoms with E-state index in [4.69, 9.17) is 5.11 Å². The van der Waals surface area contributed by atoms with Gasteiger partial charge >= 0.3 is 0 Å². The maximum absolute atomic E-state index is 9.00. The summed E-state index contributed by atoms with van der Waals surface area (Å²) in [6, 6.07) is 0.682. The lowest BCUT2D eigenvalue weighted by molar-refractivity contribution is 0.146. The van der Waals surface area contributed by atoms with Gasteiger partial charge in [0.1, 0.15) is 0 Å². The molecule has 0 heterocycles. The van der Waals surface area contributed by atoms with E-state index in [9.17, 15) is 0 Å². The fourth-order valence-corrected chi connectivity index (χ4v) is 3.47. The van der Waals surface area contributed by atoms with E-state index in [1.807, 2.05) is 0 Å². The number of rotatable bonds is 6. The molecule has 3 unspecified atom stereocenters. The van der Waals surface area contributed by atoms with E-state index in [0.29, 0.717) is 24.0 Å². The van der Waals surface area contributed by atoms with Gasteiger partial charge in [0.2, 0.25) is 0 Å². The van der Waals surface area contributed by atoms with Crippen molar-refractivity contribution in [3.05, 3.63) is 0 Å². The SMILES string of the molecule is CCC(CCO)CNC1CC(C)CC(C)(C)C1. The second-order valence-electron chi connectivity index (χ2n) is 6.81. The minimum Gasteiger partial charge on any atom is -0.396 e. The zero-order chi connectivity index (χ0) is 12.9. The maximum Gasteiger partial charge on any atom is 0.0434 e. The molecule has 0 spiro atoms. The lowest BCUT2D eigenvalue weighted by Crippen LogP contribution is -2.42. The van der Waals surface area contributed by atoms with E-state index in [2.05, 4.69) is 33.0 Å². The van der Waals surface area contributed by atoms with Crippen LogP contribution < -0.4 is 5.32 Å². The second-order valence-corrected chi connectivity index (χ2v) is 6.81. The second kappa shape index (κ2) is 6.75. The summed E-state index contributed by atoms with van der Waals surface area (Å²) in [6.45, 7) is 10.8. The molecule has 0 saturated heterocycles. The molecule has 1 fully saturated rings. The number of nitrogens with one attached hydrogen (secondary N) is 1. The van der Waals surface area contributed by atoms with Crippen LogP contribution in [0.15, 0.2) is 0 Å². The van der Waals surface area contributed by atoms with Crippen molar-refractivity contribution in [2.45, 2.75) is 65.8 Å². The van der Waals surface area contributed by atoms with E-state index in [0.717, 1.165) is 18.9 Å². The Hall–Kier alpha value is -0.0800. The minimum atomic E-state index is 0.326. The highest BCUT2D eigenvalue weighted by Gasteiger charge is 2.31. The molecular weight excluding hydrogens is 210 g/mol. The maximum atomic E-state index is 9.00. The first-order valence-corrected chi connectivity index (χ1v) is 7.31. The standard InChI is InChI=1S/C15H31NO/c1-5-13(6-7-17)11-16-14-8-12(2)9-15(3,4)10-14/h12-14,16-17H,5-11H2,1-4H3. The zero-order valence-electron chi connectivity index (χ0n) is 12.1. The Morgan fingerprint density at radius 3 is 2.59 bits per heavy atom. The van der Waals surface area contributed by atoms with Crippen LogP contribution in [0.25, 0.3) is 0 Å². The van der Waals surface area contributed by atoms with E-state index in [-0.39, 0.29) is 0 Å². The molecule has 2 heteroatoms. The lowest BCUT2D eigenvalue weighted by Gasteiger charge is -2.39. The van der Waals surface area contributed by atoms with Gasteiger partial charge in [-0.3, -0.25) is 0 Å². The fraction of sp³-hybridized carbons (Fsp3) is 1.00. The molecule has 17 heavy (non-hydrogen) atoms. The Kier molecular flexibility index (Phi) is 5.94. The van der Waals surface area contributed by atoms with Crippen LogP contribution in [0.1, 0.15) is 59.8 Å². The molecule has 102 valence electrons.